The summed E-state index contributed by atoms with van der Waals surface area (Å²) in [5.41, 5.74) is 1.23. The van der Waals surface area contributed by atoms with Gasteiger partial charge in [0.05, 0.1) is 12.7 Å². The van der Waals surface area contributed by atoms with Crippen LogP contribution in [0.5, 0.6) is 0 Å². The fourth-order valence-electron chi connectivity index (χ4n) is 1.09. The van der Waals surface area contributed by atoms with E-state index in [0.717, 1.165) is 11.8 Å². The molecule has 1 aromatic carbocycles. The van der Waals surface area contributed by atoms with E-state index in [0.29, 0.717) is 11.1 Å². The van der Waals surface area contributed by atoms with Gasteiger partial charge in [-0.15, -0.1) is 0 Å². The Hall–Kier alpha value is -1.27. The third-order valence-corrected chi connectivity index (χ3v) is 2.17. The normalized spacial score (nSPS) is 8.93. The maximum absolute atomic E-state index is 11.4. The first-order valence-corrected chi connectivity index (χ1v) is 5.64. The van der Waals surface area contributed by atoms with Crippen LogP contribution in [-0.2, 0) is 4.74 Å². The minimum atomic E-state index is -0.348. The van der Waals surface area contributed by atoms with Gasteiger partial charge in [-0.05, 0) is 12.1 Å². The second-order valence-electron chi connectivity index (χ2n) is 2.78. The average molecular weight is 267 g/mol. The molecule has 78 valence electrons. The highest BCUT2D eigenvalue weighted by Gasteiger charge is 2.08. The van der Waals surface area contributed by atoms with Gasteiger partial charge in [0.2, 0.25) is 0 Å². The predicted molar refractivity (Wildman–Crippen MR) is 63.1 cm³/mol. The monoisotopic (exact) mass is 266 g/mol. The lowest BCUT2D eigenvalue weighted by Crippen LogP contribution is -2.03. The second kappa shape index (κ2) is 6.26. The van der Waals surface area contributed by atoms with Crippen molar-refractivity contribution in [3.05, 3.63) is 35.4 Å². The number of halogens is 1. The molecule has 0 aliphatic rings. The fraction of sp³-hybridized carbons (Fsp3) is 0.250. The van der Waals surface area contributed by atoms with Crippen molar-refractivity contribution in [2.45, 2.75) is 6.42 Å². The number of carbonyl (C=O) groups is 1. The van der Waals surface area contributed by atoms with Crippen molar-refractivity contribution in [3.63, 3.8) is 0 Å². The molecule has 0 unspecified atom stereocenters. The Bertz CT molecular complexity index is 402. The first-order chi connectivity index (χ1) is 7.29. The largest absolute Gasteiger partial charge is 0.465 e. The van der Waals surface area contributed by atoms with Gasteiger partial charge in [0.15, 0.2) is 0 Å². The van der Waals surface area contributed by atoms with E-state index in [-0.39, 0.29) is 5.97 Å². The van der Waals surface area contributed by atoms with E-state index in [4.69, 9.17) is 0 Å². The average Bonchev–Trinajstić information content (AvgIpc) is 2.29. The number of methoxy groups -OCH3 is 1. The SMILES string of the molecule is COC(=O)c1ccccc1C#CCCBr. The minimum Gasteiger partial charge on any atom is -0.465 e. The van der Waals surface area contributed by atoms with E-state index in [1.54, 1.807) is 12.1 Å². The third kappa shape index (κ3) is 3.41. The number of hydrogen-bond acceptors (Lipinski definition) is 2. The van der Waals surface area contributed by atoms with Crippen molar-refractivity contribution in [1.29, 1.82) is 0 Å². The highest BCUT2D eigenvalue weighted by molar-refractivity contribution is 9.09. The van der Waals surface area contributed by atoms with Gasteiger partial charge in [-0.25, -0.2) is 4.79 Å². The summed E-state index contributed by atoms with van der Waals surface area (Å²) in [6.07, 6.45) is 0.759. The zero-order valence-corrected chi connectivity index (χ0v) is 10.0. The third-order valence-electron chi connectivity index (χ3n) is 1.77. The molecule has 0 aliphatic heterocycles. The number of ether oxygens (including phenoxy) is 1. The van der Waals surface area contributed by atoms with E-state index < -0.39 is 0 Å². The maximum Gasteiger partial charge on any atom is 0.339 e. The summed E-state index contributed by atoms with van der Waals surface area (Å²) in [7, 11) is 1.37. The van der Waals surface area contributed by atoms with Crippen LogP contribution in [0.3, 0.4) is 0 Å². The number of benzene rings is 1. The predicted octanol–water partition coefficient (Wildman–Crippen LogP) is 2.61. The molecule has 0 aliphatic carbocycles. The molecule has 1 rings (SSSR count). The van der Waals surface area contributed by atoms with Crippen molar-refractivity contribution in [2.75, 3.05) is 12.4 Å². The number of hydrogen-bond donors (Lipinski definition) is 0. The smallest absolute Gasteiger partial charge is 0.339 e. The Morgan fingerprint density at radius 1 is 1.47 bits per heavy atom. The number of alkyl halides is 1. The van der Waals surface area contributed by atoms with Gasteiger partial charge in [0.25, 0.3) is 0 Å². The van der Waals surface area contributed by atoms with Crippen LogP contribution in [0.15, 0.2) is 24.3 Å². The van der Waals surface area contributed by atoms with E-state index in [1.165, 1.54) is 7.11 Å². The summed E-state index contributed by atoms with van der Waals surface area (Å²) >= 11 is 3.29. The van der Waals surface area contributed by atoms with Gasteiger partial charge in [0.1, 0.15) is 0 Å². The molecule has 0 atom stereocenters. The van der Waals surface area contributed by atoms with Gasteiger partial charge in [0, 0.05) is 17.3 Å². The molecule has 0 fully saturated rings. The van der Waals surface area contributed by atoms with Crippen LogP contribution in [0.1, 0.15) is 22.3 Å². The molecule has 0 saturated carbocycles. The lowest BCUT2D eigenvalue weighted by Gasteiger charge is -2.00. The van der Waals surface area contributed by atoms with Gasteiger partial charge < -0.3 is 4.74 Å². The highest BCUT2D eigenvalue weighted by Crippen LogP contribution is 2.08. The zero-order valence-electron chi connectivity index (χ0n) is 8.42. The maximum atomic E-state index is 11.4. The number of carbonyl (C=O) groups excluding carboxylic acids is 1. The van der Waals surface area contributed by atoms with Crippen molar-refractivity contribution >= 4 is 21.9 Å². The van der Waals surface area contributed by atoms with Crippen LogP contribution in [-0.4, -0.2) is 18.4 Å². The molecule has 0 aromatic heterocycles. The summed E-state index contributed by atoms with van der Waals surface area (Å²) < 4.78 is 4.67. The fourth-order valence-corrected chi connectivity index (χ4v) is 1.28. The Morgan fingerprint density at radius 2 is 2.20 bits per heavy atom. The molecule has 1 aromatic rings. The molecule has 0 saturated heterocycles. The van der Waals surface area contributed by atoms with Crippen LogP contribution >= 0.6 is 15.9 Å². The van der Waals surface area contributed by atoms with Crippen LogP contribution < -0.4 is 0 Å². The topological polar surface area (TPSA) is 26.3 Å². The van der Waals surface area contributed by atoms with Gasteiger partial charge in [-0.2, -0.15) is 0 Å². The van der Waals surface area contributed by atoms with Crippen molar-refractivity contribution in [3.8, 4) is 11.8 Å². The summed E-state index contributed by atoms with van der Waals surface area (Å²) in [5, 5.41) is 0.834. The Labute approximate surface area is 97.8 Å². The standard InChI is InChI=1S/C12H11BrO2/c1-15-12(14)11-8-3-2-6-10(11)7-4-5-9-13/h2-3,6,8H,5,9H2,1H3. The molecule has 0 N–H and O–H groups in total. The second-order valence-corrected chi connectivity index (χ2v) is 3.57. The Morgan fingerprint density at radius 3 is 2.87 bits per heavy atom. The first kappa shape index (κ1) is 11.8. The first-order valence-electron chi connectivity index (χ1n) is 4.51. The molecule has 0 heterocycles. The van der Waals surface area contributed by atoms with Crippen LogP contribution in [0.4, 0.5) is 0 Å². The lowest BCUT2D eigenvalue weighted by atomic mass is 10.1. The van der Waals surface area contributed by atoms with Crippen LogP contribution in [0.25, 0.3) is 0 Å². The van der Waals surface area contributed by atoms with E-state index in [2.05, 4.69) is 32.5 Å². The van der Waals surface area contributed by atoms with Gasteiger partial charge >= 0.3 is 5.97 Å². The van der Waals surface area contributed by atoms with Crippen molar-refractivity contribution in [1.82, 2.24) is 0 Å². The van der Waals surface area contributed by atoms with Gasteiger partial charge in [-0.3, -0.25) is 0 Å². The van der Waals surface area contributed by atoms with E-state index in [9.17, 15) is 4.79 Å². The van der Waals surface area contributed by atoms with Crippen LogP contribution in [0, 0.1) is 11.8 Å². The summed E-state index contributed by atoms with van der Waals surface area (Å²) in [4.78, 5) is 11.4. The van der Waals surface area contributed by atoms with Crippen molar-refractivity contribution < 1.29 is 9.53 Å². The quantitative estimate of drug-likeness (QED) is 0.467. The molecular weight excluding hydrogens is 256 g/mol. The van der Waals surface area contributed by atoms with Crippen molar-refractivity contribution in [2.24, 2.45) is 0 Å². The van der Waals surface area contributed by atoms with Gasteiger partial charge in [-0.1, -0.05) is 39.9 Å². The number of rotatable bonds is 2. The molecular formula is C12H11BrO2. The summed E-state index contributed by atoms with van der Waals surface area (Å²) in [5.74, 6) is 5.57. The summed E-state index contributed by atoms with van der Waals surface area (Å²) in [6, 6.07) is 7.17. The number of esters is 1. The molecule has 15 heavy (non-hydrogen) atoms. The summed E-state index contributed by atoms with van der Waals surface area (Å²) in [6.45, 7) is 0. The van der Waals surface area contributed by atoms with E-state index >= 15 is 0 Å². The Kier molecular flexibility index (Phi) is 4.92. The van der Waals surface area contributed by atoms with Crippen LogP contribution in [0.2, 0.25) is 0 Å². The molecule has 0 spiro atoms. The zero-order chi connectivity index (χ0) is 11.1. The van der Waals surface area contributed by atoms with E-state index in [1.807, 2.05) is 12.1 Å². The molecule has 3 heteroatoms. The highest BCUT2D eigenvalue weighted by atomic mass is 79.9. The molecule has 2 nitrogen and oxygen atoms in total. The molecule has 0 amide bonds. The Balaban J connectivity index is 2.98. The minimum absolute atomic E-state index is 0.348. The molecule has 0 bridgehead atoms. The molecule has 0 radical (unpaired) electrons. The lowest BCUT2D eigenvalue weighted by molar-refractivity contribution is 0.0600.